The van der Waals surface area contributed by atoms with E-state index in [9.17, 15) is 9.59 Å². The summed E-state index contributed by atoms with van der Waals surface area (Å²) in [7, 11) is 0. The second-order valence-corrected chi connectivity index (χ2v) is 8.35. The van der Waals surface area contributed by atoms with Crippen LogP contribution in [0, 0.1) is 20.8 Å². The van der Waals surface area contributed by atoms with Gasteiger partial charge in [-0.05, 0) is 52.2 Å². The molecule has 0 aliphatic carbocycles. The van der Waals surface area contributed by atoms with E-state index in [1.54, 1.807) is 12.3 Å². The molecule has 0 radical (unpaired) electrons. The first-order valence-electron chi connectivity index (χ1n) is 10.7. The molecule has 1 aliphatic rings. The number of H-pyrrole nitrogens is 1. The molecule has 0 spiro atoms. The van der Waals surface area contributed by atoms with Gasteiger partial charge in [0.15, 0.2) is 5.82 Å². The second kappa shape index (κ2) is 8.49. The van der Waals surface area contributed by atoms with Gasteiger partial charge in [-0.3, -0.25) is 14.3 Å². The maximum atomic E-state index is 12.9. The third-order valence-corrected chi connectivity index (χ3v) is 6.26. The molecule has 1 amide bonds. The number of rotatable bonds is 5. The van der Waals surface area contributed by atoms with Crippen molar-refractivity contribution in [2.45, 2.75) is 58.9 Å². The topological polar surface area (TPSA) is 110 Å². The molecule has 1 N–H and O–H groups in total. The molecule has 1 atom stereocenters. The molecule has 4 rings (SSSR count). The highest BCUT2D eigenvalue weighted by molar-refractivity contribution is 5.76. The molecule has 31 heavy (non-hydrogen) atoms. The van der Waals surface area contributed by atoms with Gasteiger partial charge >= 0.3 is 0 Å². The number of pyridine rings is 1. The molecule has 0 bridgehead atoms. The average molecular weight is 425 g/mol. The SMILES string of the molecule is Cc1nn(C(C)CC(=O)N2CCC(c3noc(-c4ccc(=O)[nH]c4)n3)CC2)c(C)c1C. The standard InChI is InChI=1S/C22H28N6O3/c1-13(28-16(4)14(2)15(3)25-28)11-20(30)27-9-7-17(8-10-27)21-24-22(31-26-21)18-5-6-19(29)23-12-18/h5-6,12-13,17H,7-11H2,1-4H3,(H,23,29). The van der Waals surface area contributed by atoms with Gasteiger partial charge in [-0.25, -0.2) is 0 Å². The van der Waals surface area contributed by atoms with Crippen molar-refractivity contribution >= 4 is 5.91 Å². The van der Waals surface area contributed by atoms with Gasteiger partial charge in [0.25, 0.3) is 5.89 Å². The molecule has 3 aromatic heterocycles. The zero-order chi connectivity index (χ0) is 22.1. The summed E-state index contributed by atoms with van der Waals surface area (Å²) in [5.41, 5.74) is 3.81. The summed E-state index contributed by atoms with van der Waals surface area (Å²) in [5, 5.41) is 8.71. The molecule has 0 saturated carbocycles. The van der Waals surface area contributed by atoms with Gasteiger partial charge in [-0.15, -0.1) is 0 Å². The minimum atomic E-state index is -0.178. The number of carbonyl (C=O) groups excluding carboxylic acids is 1. The first-order chi connectivity index (χ1) is 14.8. The molecule has 1 aliphatic heterocycles. The molecule has 1 unspecified atom stereocenters. The lowest BCUT2D eigenvalue weighted by Crippen LogP contribution is -2.39. The molecule has 4 heterocycles. The molecule has 164 valence electrons. The molecule has 0 aromatic carbocycles. The number of amides is 1. The van der Waals surface area contributed by atoms with E-state index in [0.29, 0.717) is 36.8 Å². The summed E-state index contributed by atoms with van der Waals surface area (Å²) in [5.74, 6) is 1.34. The number of aromatic nitrogens is 5. The number of aryl methyl sites for hydroxylation is 1. The van der Waals surface area contributed by atoms with Crippen molar-refractivity contribution in [1.82, 2.24) is 29.8 Å². The van der Waals surface area contributed by atoms with E-state index in [1.165, 1.54) is 11.6 Å². The van der Waals surface area contributed by atoms with E-state index in [4.69, 9.17) is 4.52 Å². The summed E-state index contributed by atoms with van der Waals surface area (Å²) in [4.78, 5) is 33.1. The first-order valence-corrected chi connectivity index (χ1v) is 10.7. The number of piperidine rings is 1. The van der Waals surface area contributed by atoms with E-state index in [-0.39, 0.29) is 23.4 Å². The zero-order valence-electron chi connectivity index (χ0n) is 18.4. The van der Waals surface area contributed by atoms with Crippen LogP contribution >= 0.6 is 0 Å². The number of hydrogen-bond donors (Lipinski definition) is 1. The van der Waals surface area contributed by atoms with Crippen molar-refractivity contribution in [3.63, 3.8) is 0 Å². The highest BCUT2D eigenvalue weighted by Crippen LogP contribution is 2.29. The Labute approximate surface area is 180 Å². The molecular weight excluding hydrogens is 396 g/mol. The Morgan fingerprint density at radius 3 is 2.61 bits per heavy atom. The average Bonchev–Trinajstić information content (AvgIpc) is 3.35. The lowest BCUT2D eigenvalue weighted by Gasteiger charge is -2.31. The van der Waals surface area contributed by atoms with E-state index in [2.05, 4.69) is 27.1 Å². The van der Waals surface area contributed by atoms with Gasteiger partial charge in [-0.1, -0.05) is 5.16 Å². The van der Waals surface area contributed by atoms with Crippen molar-refractivity contribution < 1.29 is 9.32 Å². The van der Waals surface area contributed by atoms with Crippen LogP contribution in [0.3, 0.4) is 0 Å². The molecule has 9 heteroatoms. The summed E-state index contributed by atoms with van der Waals surface area (Å²) in [6.07, 6.45) is 3.59. The highest BCUT2D eigenvalue weighted by atomic mass is 16.5. The van der Waals surface area contributed by atoms with Crippen LogP contribution in [0.5, 0.6) is 0 Å². The second-order valence-electron chi connectivity index (χ2n) is 8.35. The largest absolute Gasteiger partial charge is 0.343 e. The Bertz CT molecular complexity index is 1120. The van der Waals surface area contributed by atoms with E-state index < -0.39 is 0 Å². The minimum absolute atomic E-state index is 0.0229. The van der Waals surface area contributed by atoms with Gasteiger partial charge in [0.05, 0.1) is 17.3 Å². The molecule has 1 saturated heterocycles. The molecule has 3 aromatic rings. The Morgan fingerprint density at radius 2 is 2.00 bits per heavy atom. The van der Waals surface area contributed by atoms with Crippen molar-refractivity contribution in [3.8, 4) is 11.5 Å². The van der Waals surface area contributed by atoms with Crippen LogP contribution in [0.15, 0.2) is 27.6 Å². The lowest BCUT2D eigenvalue weighted by atomic mass is 9.95. The lowest BCUT2D eigenvalue weighted by molar-refractivity contribution is -0.133. The third kappa shape index (κ3) is 4.30. The van der Waals surface area contributed by atoms with Crippen LogP contribution in [-0.2, 0) is 4.79 Å². The number of carbonyl (C=O) groups is 1. The number of likely N-dealkylation sites (tertiary alicyclic amines) is 1. The van der Waals surface area contributed by atoms with Crippen LogP contribution < -0.4 is 5.56 Å². The maximum Gasteiger partial charge on any atom is 0.259 e. The van der Waals surface area contributed by atoms with Crippen LogP contribution in [0.1, 0.15) is 60.9 Å². The van der Waals surface area contributed by atoms with Gasteiger partial charge < -0.3 is 14.4 Å². The Hall–Kier alpha value is -3.23. The summed E-state index contributed by atoms with van der Waals surface area (Å²) in [6.45, 7) is 9.51. The van der Waals surface area contributed by atoms with Gasteiger partial charge in [-0.2, -0.15) is 10.1 Å². The van der Waals surface area contributed by atoms with Crippen molar-refractivity contribution in [2.75, 3.05) is 13.1 Å². The third-order valence-electron chi connectivity index (χ3n) is 6.26. The summed E-state index contributed by atoms with van der Waals surface area (Å²) in [6, 6.07) is 3.11. The molecule has 9 nitrogen and oxygen atoms in total. The van der Waals surface area contributed by atoms with Crippen LogP contribution in [0.25, 0.3) is 11.5 Å². The van der Waals surface area contributed by atoms with Crippen molar-refractivity contribution in [2.24, 2.45) is 0 Å². The van der Waals surface area contributed by atoms with Crippen LogP contribution in [0.4, 0.5) is 0 Å². The Morgan fingerprint density at radius 1 is 1.26 bits per heavy atom. The predicted molar refractivity (Wildman–Crippen MR) is 115 cm³/mol. The highest BCUT2D eigenvalue weighted by Gasteiger charge is 2.28. The van der Waals surface area contributed by atoms with Crippen LogP contribution in [0.2, 0.25) is 0 Å². The molecule has 1 fully saturated rings. The van der Waals surface area contributed by atoms with Crippen molar-refractivity contribution in [3.05, 3.63) is 51.5 Å². The first kappa shape index (κ1) is 21.0. The van der Waals surface area contributed by atoms with E-state index in [0.717, 1.165) is 24.2 Å². The minimum Gasteiger partial charge on any atom is -0.343 e. The fourth-order valence-electron chi connectivity index (χ4n) is 4.09. The number of hydrogen-bond acceptors (Lipinski definition) is 6. The Balaban J connectivity index is 1.34. The summed E-state index contributed by atoms with van der Waals surface area (Å²) >= 11 is 0. The van der Waals surface area contributed by atoms with Gasteiger partial charge in [0.2, 0.25) is 11.5 Å². The Kier molecular flexibility index (Phi) is 5.75. The number of aromatic amines is 1. The number of nitrogens with one attached hydrogen (secondary N) is 1. The van der Waals surface area contributed by atoms with Gasteiger partial charge in [0, 0.05) is 43.4 Å². The van der Waals surface area contributed by atoms with E-state index in [1.807, 2.05) is 30.4 Å². The maximum absolute atomic E-state index is 12.9. The fourth-order valence-corrected chi connectivity index (χ4v) is 4.09. The van der Waals surface area contributed by atoms with Crippen LogP contribution in [-0.4, -0.2) is 48.8 Å². The smallest absolute Gasteiger partial charge is 0.259 e. The number of nitrogens with zero attached hydrogens (tertiary/aromatic N) is 5. The molecular formula is C22H28N6O3. The van der Waals surface area contributed by atoms with Gasteiger partial charge in [0.1, 0.15) is 0 Å². The fraction of sp³-hybridized carbons (Fsp3) is 0.500. The zero-order valence-corrected chi connectivity index (χ0v) is 18.4. The normalized spacial score (nSPS) is 15.9. The van der Waals surface area contributed by atoms with Crippen molar-refractivity contribution in [1.29, 1.82) is 0 Å². The predicted octanol–water partition coefficient (Wildman–Crippen LogP) is 2.90. The summed E-state index contributed by atoms with van der Waals surface area (Å²) < 4.78 is 7.33. The quantitative estimate of drug-likeness (QED) is 0.674. The monoisotopic (exact) mass is 424 g/mol. The van der Waals surface area contributed by atoms with E-state index >= 15 is 0 Å².